The zero-order chi connectivity index (χ0) is 19.1. The Morgan fingerprint density at radius 1 is 1.30 bits per heavy atom. The van der Waals surface area contributed by atoms with Gasteiger partial charge in [-0.25, -0.2) is 8.78 Å². The number of nitrogens with zero attached hydrogens (tertiary/aromatic N) is 1. The quantitative estimate of drug-likeness (QED) is 0.735. The van der Waals surface area contributed by atoms with Gasteiger partial charge in [-0.1, -0.05) is 19.8 Å². The third kappa shape index (κ3) is 6.43. The lowest BCUT2D eigenvalue weighted by Crippen LogP contribution is -2.47. The molecule has 2 amide bonds. The highest BCUT2D eigenvalue weighted by atomic mass is 35.5. The molecule has 1 fully saturated rings. The normalized spacial score (nSPS) is 15.8. The standard InChI is InChI=1S/C19H27F2N3O2.ClH/c1-2-3-4-15(12-22)23-18(25)13-7-9-24(10-8-13)19(26)16-6-5-14(20)11-17(16)21;/h5-6,11,13,15H,2-4,7-10,12,22H2,1H3,(H,23,25);1H. The molecule has 0 spiro atoms. The Morgan fingerprint density at radius 2 is 1.96 bits per heavy atom. The van der Waals surface area contributed by atoms with E-state index >= 15 is 0 Å². The van der Waals surface area contributed by atoms with Crippen molar-refractivity contribution in [2.75, 3.05) is 19.6 Å². The first kappa shape index (κ1) is 23.3. The van der Waals surface area contributed by atoms with E-state index in [0.29, 0.717) is 38.5 Å². The highest BCUT2D eigenvalue weighted by Gasteiger charge is 2.29. The molecule has 27 heavy (non-hydrogen) atoms. The fourth-order valence-electron chi connectivity index (χ4n) is 3.20. The molecule has 1 heterocycles. The van der Waals surface area contributed by atoms with Crippen molar-refractivity contribution in [2.24, 2.45) is 11.7 Å². The van der Waals surface area contributed by atoms with Crippen molar-refractivity contribution in [1.82, 2.24) is 10.2 Å². The van der Waals surface area contributed by atoms with Crippen LogP contribution in [0.2, 0.25) is 0 Å². The maximum Gasteiger partial charge on any atom is 0.256 e. The van der Waals surface area contributed by atoms with Gasteiger partial charge in [-0.15, -0.1) is 12.4 Å². The number of halogens is 3. The lowest BCUT2D eigenvalue weighted by Gasteiger charge is -2.32. The molecule has 1 atom stereocenters. The number of nitrogens with two attached hydrogens (primary N) is 1. The monoisotopic (exact) mass is 403 g/mol. The molecular weight excluding hydrogens is 376 g/mol. The largest absolute Gasteiger partial charge is 0.352 e. The number of amides is 2. The van der Waals surface area contributed by atoms with Gasteiger partial charge in [0.25, 0.3) is 5.91 Å². The molecule has 8 heteroatoms. The van der Waals surface area contributed by atoms with Gasteiger partial charge in [-0.3, -0.25) is 9.59 Å². The van der Waals surface area contributed by atoms with Crippen LogP contribution >= 0.6 is 12.4 Å². The van der Waals surface area contributed by atoms with Crippen molar-refractivity contribution in [2.45, 2.75) is 45.1 Å². The summed E-state index contributed by atoms with van der Waals surface area (Å²) >= 11 is 0. The van der Waals surface area contributed by atoms with E-state index < -0.39 is 17.5 Å². The maximum absolute atomic E-state index is 13.8. The minimum atomic E-state index is -0.864. The third-order valence-corrected chi connectivity index (χ3v) is 4.85. The fraction of sp³-hybridized carbons (Fsp3) is 0.579. The van der Waals surface area contributed by atoms with Crippen LogP contribution in [0.1, 0.15) is 49.4 Å². The number of hydrogen-bond donors (Lipinski definition) is 2. The molecule has 1 aromatic rings. The van der Waals surface area contributed by atoms with Crippen molar-refractivity contribution in [3.8, 4) is 0 Å². The number of hydrogen-bond acceptors (Lipinski definition) is 3. The Bertz CT molecular complexity index is 637. The summed E-state index contributed by atoms with van der Waals surface area (Å²) in [4.78, 5) is 26.3. The van der Waals surface area contributed by atoms with E-state index in [-0.39, 0.29) is 35.8 Å². The predicted molar refractivity (Wildman–Crippen MR) is 103 cm³/mol. The van der Waals surface area contributed by atoms with Gasteiger partial charge in [0.05, 0.1) is 5.56 Å². The van der Waals surface area contributed by atoms with Gasteiger partial charge in [-0.2, -0.15) is 0 Å². The van der Waals surface area contributed by atoms with Crippen molar-refractivity contribution in [3.63, 3.8) is 0 Å². The Hall–Kier alpha value is -1.73. The average Bonchev–Trinajstić information content (AvgIpc) is 2.64. The lowest BCUT2D eigenvalue weighted by atomic mass is 9.94. The zero-order valence-corrected chi connectivity index (χ0v) is 16.4. The van der Waals surface area contributed by atoms with E-state index in [2.05, 4.69) is 12.2 Å². The minimum Gasteiger partial charge on any atom is -0.352 e. The first-order valence-corrected chi connectivity index (χ1v) is 9.21. The topological polar surface area (TPSA) is 75.4 Å². The summed E-state index contributed by atoms with van der Waals surface area (Å²) in [6, 6.07) is 2.91. The number of nitrogens with one attached hydrogen (secondary N) is 1. The van der Waals surface area contributed by atoms with Crippen molar-refractivity contribution in [1.29, 1.82) is 0 Å². The van der Waals surface area contributed by atoms with Crippen LogP contribution in [0.3, 0.4) is 0 Å². The molecule has 1 unspecified atom stereocenters. The molecule has 152 valence electrons. The molecule has 1 aliphatic heterocycles. The van der Waals surface area contributed by atoms with Crippen LogP contribution in [0, 0.1) is 17.6 Å². The lowest BCUT2D eigenvalue weighted by molar-refractivity contribution is -0.127. The molecule has 0 radical (unpaired) electrons. The second-order valence-electron chi connectivity index (χ2n) is 6.77. The smallest absolute Gasteiger partial charge is 0.256 e. The van der Waals surface area contributed by atoms with Crippen LogP contribution in [-0.4, -0.2) is 42.4 Å². The molecular formula is C19H28ClF2N3O2. The summed E-state index contributed by atoms with van der Waals surface area (Å²) < 4.78 is 26.8. The summed E-state index contributed by atoms with van der Waals surface area (Å²) in [6.45, 7) is 3.24. The van der Waals surface area contributed by atoms with Gasteiger partial charge >= 0.3 is 0 Å². The molecule has 1 aliphatic rings. The fourth-order valence-corrected chi connectivity index (χ4v) is 3.20. The molecule has 0 aromatic heterocycles. The van der Waals surface area contributed by atoms with Gasteiger partial charge in [0.15, 0.2) is 0 Å². The summed E-state index contributed by atoms with van der Waals surface area (Å²) in [5.74, 6) is -2.25. The molecule has 3 N–H and O–H groups in total. The van der Waals surface area contributed by atoms with E-state index in [1.165, 1.54) is 4.90 Å². The SMILES string of the molecule is CCCCC(CN)NC(=O)C1CCN(C(=O)c2ccc(F)cc2F)CC1.Cl. The Balaban J connectivity index is 0.00000364. The summed E-state index contributed by atoms with van der Waals surface area (Å²) in [5, 5.41) is 2.99. The molecule has 2 rings (SSSR count). The van der Waals surface area contributed by atoms with Gasteiger partial charge in [-0.05, 0) is 31.4 Å². The minimum absolute atomic E-state index is 0. The third-order valence-electron chi connectivity index (χ3n) is 4.85. The summed E-state index contributed by atoms with van der Waals surface area (Å²) in [6.07, 6.45) is 3.96. The van der Waals surface area contributed by atoms with Crippen LogP contribution in [0.4, 0.5) is 8.78 Å². The second kappa shape index (κ2) is 11.2. The summed E-state index contributed by atoms with van der Waals surface area (Å²) in [7, 11) is 0. The van der Waals surface area contributed by atoms with E-state index in [9.17, 15) is 18.4 Å². The zero-order valence-electron chi connectivity index (χ0n) is 15.5. The van der Waals surface area contributed by atoms with E-state index in [1.54, 1.807) is 0 Å². The van der Waals surface area contributed by atoms with Crippen LogP contribution < -0.4 is 11.1 Å². The van der Waals surface area contributed by atoms with Gasteiger partial charge in [0.1, 0.15) is 11.6 Å². The maximum atomic E-state index is 13.8. The summed E-state index contributed by atoms with van der Waals surface area (Å²) in [5.41, 5.74) is 5.57. The number of unbranched alkanes of at least 4 members (excludes halogenated alkanes) is 1. The van der Waals surface area contributed by atoms with Crippen molar-refractivity contribution in [3.05, 3.63) is 35.4 Å². The number of carbonyl (C=O) groups excluding carboxylic acids is 2. The Morgan fingerprint density at radius 3 is 2.52 bits per heavy atom. The number of carbonyl (C=O) groups is 2. The van der Waals surface area contributed by atoms with E-state index in [4.69, 9.17) is 5.73 Å². The van der Waals surface area contributed by atoms with E-state index in [0.717, 1.165) is 31.4 Å². The average molecular weight is 404 g/mol. The van der Waals surface area contributed by atoms with Gasteiger partial charge in [0, 0.05) is 37.7 Å². The number of rotatable bonds is 7. The number of benzene rings is 1. The van der Waals surface area contributed by atoms with Gasteiger partial charge < -0.3 is 16.0 Å². The van der Waals surface area contributed by atoms with E-state index in [1.807, 2.05) is 0 Å². The first-order chi connectivity index (χ1) is 12.5. The van der Waals surface area contributed by atoms with Crippen LogP contribution in [0.5, 0.6) is 0 Å². The molecule has 0 saturated carbocycles. The molecule has 0 bridgehead atoms. The van der Waals surface area contributed by atoms with Crippen molar-refractivity contribution < 1.29 is 18.4 Å². The number of piperidine rings is 1. The first-order valence-electron chi connectivity index (χ1n) is 9.21. The highest BCUT2D eigenvalue weighted by Crippen LogP contribution is 2.21. The molecule has 1 saturated heterocycles. The predicted octanol–water partition coefficient (Wildman–Crippen LogP) is 2.87. The Kier molecular flexibility index (Phi) is 9.66. The van der Waals surface area contributed by atoms with Gasteiger partial charge in [0.2, 0.25) is 5.91 Å². The highest BCUT2D eigenvalue weighted by molar-refractivity contribution is 5.94. The molecule has 1 aromatic carbocycles. The Labute approximate surface area is 165 Å². The van der Waals surface area contributed by atoms with Crippen LogP contribution in [-0.2, 0) is 4.79 Å². The molecule has 5 nitrogen and oxygen atoms in total. The number of likely N-dealkylation sites (tertiary alicyclic amines) is 1. The van der Waals surface area contributed by atoms with Crippen molar-refractivity contribution >= 4 is 24.2 Å². The molecule has 0 aliphatic carbocycles. The van der Waals surface area contributed by atoms with Crippen LogP contribution in [0.25, 0.3) is 0 Å². The second-order valence-corrected chi connectivity index (χ2v) is 6.77. The van der Waals surface area contributed by atoms with Crippen LogP contribution in [0.15, 0.2) is 18.2 Å².